The fraction of sp³-hybridized carbons (Fsp3) is 0.200. The summed E-state index contributed by atoms with van der Waals surface area (Å²) in [5.74, 6) is 0.0899. The van der Waals surface area contributed by atoms with Crippen LogP contribution in [0.1, 0.15) is 16.7 Å². The van der Waals surface area contributed by atoms with Crippen LogP contribution in [0.2, 0.25) is 0 Å². The zero-order valence-corrected chi connectivity index (χ0v) is 20.3. The first kappa shape index (κ1) is 26.0. The number of para-hydroxylation sites is 1. The minimum Gasteiger partial charge on any atom is -0.486 e. The SMILES string of the molecule is Cc1ccc(S(=O)(=O)N(CC(=O)N/N=C\c2cccc3c2OCCO3)c2cccc(C(F)(F)F)c2)cc1. The van der Waals surface area contributed by atoms with Crippen LogP contribution < -0.4 is 19.2 Å². The van der Waals surface area contributed by atoms with Gasteiger partial charge in [-0.15, -0.1) is 0 Å². The molecule has 0 saturated heterocycles. The third-order valence-electron chi connectivity index (χ3n) is 5.35. The Morgan fingerprint density at radius 2 is 1.76 bits per heavy atom. The number of halogens is 3. The largest absolute Gasteiger partial charge is 0.486 e. The van der Waals surface area contributed by atoms with Gasteiger partial charge < -0.3 is 9.47 Å². The Morgan fingerprint density at radius 3 is 2.49 bits per heavy atom. The second kappa shape index (κ2) is 10.5. The summed E-state index contributed by atoms with van der Waals surface area (Å²) < 4.78 is 78.4. The monoisotopic (exact) mass is 533 g/mol. The Kier molecular flexibility index (Phi) is 7.39. The molecule has 3 aromatic rings. The van der Waals surface area contributed by atoms with E-state index in [0.29, 0.717) is 40.6 Å². The van der Waals surface area contributed by atoms with Gasteiger partial charge in [-0.05, 0) is 49.4 Å². The molecule has 1 heterocycles. The van der Waals surface area contributed by atoms with E-state index < -0.39 is 34.2 Å². The number of anilines is 1. The molecule has 0 aromatic heterocycles. The Morgan fingerprint density at radius 1 is 1.05 bits per heavy atom. The average Bonchev–Trinajstić information content (AvgIpc) is 2.87. The van der Waals surface area contributed by atoms with Gasteiger partial charge in [0.2, 0.25) is 0 Å². The summed E-state index contributed by atoms with van der Waals surface area (Å²) >= 11 is 0. The third kappa shape index (κ3) is 6.02. The molecule has 0 radical (unpaired) electrons. The predicted octanol–water partition coefficient (Wildman–Crippen LogP) is 4.13. The second-order valence-electron chi connectivity index (χ2n) is 8.04. The lowest BCUT2D eigenvalue weighted by Gasteiger charge is -2.24. The third-order valence-corrected chi connectivity index (χ3v) is 7.14. The molecular formula is C25H22F3N3O5S. The van der Waals surface area contributed by atoms with Crippen molar-refractivity contribution >= 4 is 27.8 Å². The number of hydrogen-bond acceptors (Lipinski definition) is 6. The molecule has 0 spiro atoms. The predicted molar refractivity (Wildman–Crippen MR) is 130 cm³/mol. The molecular weight excluding hydrogens is 511 g/mol. The highest BCUT2D eigenvalue weighted by Gasteiger charge is 2.33. The first-order valence-corrected chi connectivity index (χ1v) is 12.5. The molecule has 3 aromatic carbocycles. The first-order chi connectivity index (χ1) is 17.6. The van der Waals surface area contributed by atoms with Crippen molar-refractivity contribution in [2.24, 2.45) is 5.10 Å². The first-order valence-electron chi connectivity index (χ1n) is 11.0. The van der Waals surface area contributed by atoms with Crippen molar-refractivity contribution in [2.45, 2.75) is 18.0 Å². The van der Waals surface area contributed by atoms with Gasteiger partial charge in [0.25, 0.3) is 15.9 Å². The minimum absolute atomic E-state index is 0.181. The summed E-state index contributed by atoms with van der Waals surface area (Å²) in [6.07, 6.45) is -3.41. The van der Waals surface area contributed by atoms with Gasteiger partial charge in [-0.2, -0.15) is 18.3 Å². The van der Waals surface area contributed by atoms with E-state index in [-0.39, 0.29) is 10.6 Å². The number of hydrogen-bond donors (Lipinski definition) is 1. The molecule has 0 atom stereocenters. The summed E-state index contributed by atoms with van der Waals surface area (Å²) in [6.45, 7) is 1.67. The van der Waals surface area contributed by atoms with E-state index in [0.717, 1.165) is 17.7 Å². The molecule has 37 heavy (non-hydrogen) atoms. The van der Waals surface area contributed by atoms with Crippen LogP contribution in [0, 0.1) is 6.92 Å². The van der Waals surface area contributed by atoms with E-state index in [2.05, 4.69) is 10.5 Å². The molecule has 4 rings (SSSR count). The van der Waals surface area contributed by atoms with Crippen LogP contribution in [0.4, 0.5) is 18.9 Å². The molecule has 0 saturated carbocycles. The number of carbonyl (C=O) groups is 1. The number of aryl methyl sites for hydroxylation is 1. The zero-order valence-electron chi connectivity index (χ0n) is 19.5. The molecule has 1 N–H and O–H groups in total. The molecule has 1 aliphatic rings. The van der Waals surface area contributed by atoms with Gasteiger partial charge in [-0.3, -0.25) is 9.10 Å². The van der Waals surface area contributed by atoms with Crippen molar-refractivity contribution in [3.8, 4) is 11.5 Å². The Labute approximate surface area is 211 Å². The molecule has 0 bridgehead atoms. The number of alkyl halides is 3. The number of amides is 1. The summed E-state index contributed by atoms with van der Waals surface area (Å²) in [6, 6.07) is 14.6. The van der Waals surface area contributed by atoms with Gasteiger partial charge in [-0.1, -0.05) is 29.8 Å². The van der Waals surface area contributed by atoms with Gasteiger partial charge in [0, 0.05) is 5.56 Å². The maximum Gasteiger partial charge on any atom is 0.416 e. The van der Waals surface area contributed by atoms with Crippen molar-refractivity contribution in [3.05, 3.63) is 83.4 Å². The van der Waals surface area contributed by atoms with Crippen molar-refractivity contribution in [3.63, 3.8) is 0 Å². The normalized spacial score (nSPS) is 13.4. The molecule has 0 fully saturated rings. The summed E-state index contributed by atoms with van der Waals surface area (Å²) in [5, 5.41) is 3.86. The lowest BCUT2D eigenvalue weighted by molar-refractivity contribution is -0.137. The number of benzene rings is 3. The number of fused-ring (bicyclic) bond motifs is 1. The van der Waals surface area contributed by atoms with Gasteiger partial charge in [0.1, 0.15) is 19.8 Å². The lowest BCUT2D eigenvalue weighted by Crippen LogP contribution is -2.39. The maximum absolute atomic E-state index is 13.4. The topological polar surface area (TPSA) is 97.3 Å². The highest BCUT2D eigenvalue weighted by Crippen LogP contribution is 2.34. The van der Waals surface area contributed by atoms with Crippen LogP contribution >= 0.6 is 0 Å². The Hall–Kier alpha value is -4.06. The minimum atomic E-state index is -4.71. The molecule has 0 aliphatic carbocycles. The lowest BCUT2D eigenvalue weighted by atomic mass is 10.2. The van der Waals surface area contributed by atoms with Crippen molar-refractivity contribution in [1.29, 1.82) is 0 Å². The van der Waals surface area contributed by atoms with E-state index in [1.54, 1.807) is 37.3 Å². The number of rotatable bonds is 7. The van der Waals surface area contributed by atoms with Crippen molar-refractivity contribution in [2.75, 3.05) is 24.1 Å². The van der Waals surface area contributed by atoms with E-state index >= 15 is 0 Å². The summed E-state index contributed by atoms with van der Waals surface area (Å²) in [5.41, 5.74) is 2.15. The molecule has 0 unspecified atom stereocenters. The molecule has 1 aliphatic heterocycles. The number of carbonyl (C=O) groups excluding carboxylic acids is 1. The number of sulfonamides is 1. The van der Waals surface area contributed by atoms with Crippen LogP contribution in [0.5, 0.6) is 11.5 Å². The maximum atomic E-state index is 13.4. The average molecular weight is 534 g/mol. The van der Waals surface area contributed by atoms with Crippen molar-refractivity contribution < 1.29 is 35.9 Å². The van der Waals surface area contributed by atoms with E-state index in [9.17, 15) is 26.4 Å². The summed E-state index contributed by atoms with van der Waals surface area (Å²) in [7, 11) is -4.40. The van der Waals surface area contributed by atoms with Crippen molar-refractivity contribution in [1.82, 2.24) is 5.43 Å². The van der Waals surface area contributed by atoms with Gasteiger partial charge in [0.05, 0.1) is 22.4 Å². The Bertz CT molecular complexity index is 1420. The molecule has 194 valence electrons. The standard InChI is InChI=1S/C25H22F3N3O5S/c1-17-8-10-21(11-9-17)37(33,34)31(20-6-3-5-19(14-20)25(26,27)28)16-23(32)30-29-15-18-4-2-7-22-24(18)36-13-12-35-22/h2-11,14-15H,12-13,16H2,1H3,(H,30,32)/b29-15-. The summed E-state index contributed by atoms with van der Waals surface area (Å²) in [4.78, 5) is 12.5. The number of hydrazone groups is 1. The quantitative estimate of drug-likeness (QED) is 0.364. The van der Waals surface area contributed by atoms with Crippen LogP contribution in [0.25, 0.3) is 0 Å². The number of nitrogens with zero attached hydrogens (tertiary/aromatic N) is 2. The molecule has 8 nitrogen and oxygen atoms in total. The fourth-order valence-electron chi connectivity index (χ4n) is 3.53. The highest BCUT2D eigenvalue weighted by atomic mass is 32.2. The van der Waals surface area contributed by atoms with Crippen LogP contribution in [0.3, 0.4) is 0 Å². The molecule has 12 heteroatoms. The van der Waals surface area contributed by atoms with Gasteiger partial charge in [0.15, 0.2) is 11.5 Å². The van der Waals surface area contributed by atoms with Crippen LogP contribution in [0.15, 0.2) is 76.7 Å². The zero-order chi connectivity index (χ0) is 26.6. The van der Waals surface area contributed by atoms with Gasteiger partial charge in [-0.25, -0.2) is 13.8 Å². The Balaban J connectivity index is 1.60. The highest BCUT2D eigenvalue weighted by molar-refractivity contribution is 7.92. The van der Waals surface area contributed by atoms with E-state index in [1.165, 1.54) is 24.4 Å². The van der Waals surface area contributed by atoms with E-state index in [4.69, 9.17) is 9.47 Å². The fourth-order valence-corrected chi connectivity index (χ4v) is 4.94. The number of ether oxygens (including phenoxy) is 2. The number of nitrogens with one attached hydrogen (secondary N) is 1. The smallest absolute Gasteiger partial charge is 0.416 e. The van der Waals surface area contributed by atoms with Crippen LogP contribution in [-0.2, 0) is 21.0 Å². The van der Waals surface area contributed by atoms with Crippen LogP contribution in [-0.4, -0.2) is 40.3 Å². The second-order valence-corrected chi connectivity index (χ2v) is 9.90. The molecule has 1 amide bonds. The van der Waals surface area contributed by atoms with E-state index in [1.807, 2.05) is 0 Å². The van der Waals surface area contributed by atoms with Gasteiger partial charge >= 0.3 is 6.18 Å².